The van der Waals surface area contributed by atoms with Crippen LogP contribution in [0, 0.1) is 0 Å². The van der Waals surface area contributed by atoms with Crippen LogP contribution >= 0.6 is 0 Å². The zero-order chi connectivity index (χ0) is 14.7. The van der Waals surface area contributed by atoms with Crippen molar-refractivity contribution in [2.24, 2.45) is 0 Å². The Balaban J connectivity index is 2.18. The third-order valence-electron chi connectivity index (χ3n) is 3.26. The van der Waals surface area contributed by atoms with Gasteiger partial charge in [0.05, 0.1) is 22.9 Å². The van der Waals surface area contributed by atoms with Gasteiger partial charge in [0.15, 0.2) is 21.2 Å². The number of hydrogen-bond donors (Lipinski definition) is 2. The minimum Gasteiger partial charge on any atom is -0.383 e. The lowest BCUT2D eigenvalue weighted by molar-refractivity contribution is -0.140. The monoisotopic (exact) mass is 309 g/mol. The summed E-state index contributed by atoms with van der Waals surface area (Å²) < 4.78 is 62.7. The molecule has 0 aromatic carbocycles. The third kappa shape index (κ3) is 1.92. The van der Waals surface area contributed by atoms with Crippen LogP contribution in [0.5, 0.6) is 0 Å². The van der Waals surface area contributed by atoms with Gasteiger partial charge in [0, 0.05) is 0 Å². The number of halogens is 3. The van der Waals surface area contributed by atoms with Crippen LogP contribution in [0.3, 0.4) is 0 Å². The number of nitrogen functional groups attached to an aromatic ring is 1. The highest BCUT2D eigenvalue weighted by Crippen LogP contribution is 2.38. The Hall–Kier alpha value is -1.78. The molecule has 1 saturated heterocycles. The second-order valence-corrected chi connectivity index (χ2v) is 6.91. The predicted octanol–water partition coefficient (Wildman–Crippen LogP) is 0.720. The second kappa shape index (κ2) is 3.87. The van der Waals surface area contributed by atoms with E-state index >= 15 is 0 Å². The van der Waals surface area contributed by atoms with Gasteiger partial charge in [-0.1, -0.05) is 0 Å². The quantitative estimate of drug-likeness (QED) is 0.807. The van der Waals surface area contributed by atoms with E-state index in [9.17, 15) is 21.6 Å². The van der Waals surface area contributed by atoms with E-state index in [1.54, 1.807) is 0 Å². The molecule has 110 valence electrons. The zero-order valence-corrected chi connectivity index (χ0v) is 10.8. The summed E-state index contributed by atoms with van der Waals surface area (Å²) >= 11 is 0. The Morgan fingerprint density at radius 2 is 2.10 bits per heavy atom. The minimum absolute atomic E-state index is 0.0692. The van der Waals surface area contributed by atoms with Crippen molar-refractivity contribution in [3.8, 4) is 0 Å². The molecule has 7 nitrogen and oxygen atoms in total. The van der Waals surface area contributed by atoms with E-state index in [2.05, 4.69) is 15.3 Å². The molecule has 1 fully saturated rings. The standard InChI is InChI=1S/C9H10F3N5O2S/c10-9(11,12)6-5-7(13)14-15-8(5)17(16-6)4-1-2-20(18,19)3-4/h4H,1-3H2,(H3,13,14,15). The largest absolute Gasteiger partial charge is 0.435 e. The van der Waals surface area contributed by atoms with E-state index in [4.69, 9.17) is 5.73 Å². The van der Waals surface area contributed by atoms with Crippen molar-refractivity contribution in [1.82, 2.24) is 20.0 Å². The first kappa shape index (κ1) is 13.2. The molecule has 0 spiro atoms. The molecule has 2 aromatic rings. The van der Waals surface area contributed by atoms with Crippen LogP contribution in [-0.4, -0.2) is 39.9 Å². The maximum absolute atomic E-state index is 12.9. The maximum atomic E-state index is 12.9. The first-order valence-corrected chi connectivity index (χ1v) is 7.51. The molecular weight excluding hydrogens is 299 g/mol. The van der Waals surface area contributed by atoms with Crippen LogP contribution in [0.1, 0.15) is 18.2 Å². The predicted molar refractivity (Wildman–Crippen MR) is 63.6 cm³/mol. The molecule has 0 amide bonds. The van der Waals surface area contributed by atoms with Gasteiger partial charge in [0.1, 0.15) is 5.82 Å². The molecule has 1 atom stereocenters. The van der Waals surface area contributed by atoms with Crippen LogP contribution in [0.25, 0.3) is 11.0 Å². The summed E-state index contributed by atoms with van der Waals surface area (Å²) in [5.74, 6) is -0.548. The Labute approximate surface area is 110 Å². The van der Waals surface area contributed by atoms with Gasteiger partial charge in [-0.25, -0.2) is 13.1 Å². The molecule has 0 radical (unpaired) electrons. The third-order valence-corrected chi connectivity index (χ3v) is 5.01. The van der Waals surface area contributed by atoms with Gasteiger partial charge in [0.2, 0.25) is 0 Å². The lowest BCUT2D eigenvalue weighted by atomic mass is 10.2. The SMILES string of the molecule is Nc1[nH]nc2c1c(C(F)(F)F)nn2C1CCS(=O)(=O)C1. The fraction of sp³-hybridized carbons (Fsp3) is 0.556. The number of H-pyrrole nitrogens is 1. The summed E-state index contributed by atoms with van der Waals surface area (Å²) in [5, 5.41) is 9.15. The summed E-state index contributed by atoms with van der Waals surface area (Å²) in [5.41, 5.74) is 4.23. The normalized spacial score (nSPS) is 22.6. The van der Waals surface area contributed by atoms with Gasteiger partial charge in [-0.2, -0.15) is 23.4 Å². The number of aromatic nitrogens is 4. The highest BCUT2D eigenvalue weighted by atomic mass is 32.2. The van der Waals surface area contributed by atoms with Gasteiger partial charge >= 0.3 is 6.18 Å². The topological polar surface area (TPSA) is 107 Å². The van der Waals surface area contributed by atoms with Crippen molar-refractivity contribution < 1.29 is 21.6 Å². The number of nitrogens with one attached hydrogen (secondary N) is 1. The summed E-state index contributed by atoms with van der Waals surface area (Å²) in [7, 11) is -3.24. The van der Waals surface area contributed by atoms with E-state index < -0.39 is 27.7 Å². The average molecular weight is 309 g/mol. The van der Waals surface area contributed by atoms with Crippen LogP contribution in [0.4, 0.5) is 19.0 Å². The summed E-state index contributed by atoms with van der Waals surface area (Å²) in [4.78, 5) is 0. The first-order chi connectivity index (χ1) is 9.19. The fourth-order valence-corrected chi connectivity index (χ4v) is 4.06. The van der Waals surface area contributed by atoms with E-state index in [-0.39, 0.29) is 34.8 Å². The van der Waals surface area contributed by atoms with E-state index in [0.29, 0.717) is 0 Å². The van der Waals surface area contributed by atoms with Crippen molar-refractivity contribution in [3.05, 3.63) is 5.69 Å². The van der Waals surface area contributed by atoms with E-state index in [0.717, 1.165) is 4.68 Å². The van der Waals surface area contributed by atoms with Crippen molar-refractivity contribution in [2.75, 3.05) is 17.2 Å². The molecule has 1 aliphatic rings. The van der Waals surface area contributed by atoms with Gasteiger partial charge in [-0.3, -0.25) is 5.10 Å². The number of nitrogens with zero attached hydrogens (tertiary/aromatic N) is 3. The molecular formula is C9H10F3N5O2S. The van der Waals surface area contributed by atoms with Crippen molar-refractivity contribution in [1.29, 1.82) is 0 Å². The minimum atomic E-state index is -4.68. The molecule has 11 heteroatoms. The second-order valence-electron chi connectivity index (χ2n) is 4.68. The lowest BCUT2D eigenvalue weighted by Gasteiger charge is -2.08. The lowest BCUT2D eigenvalue weighted by Crippen LogP contribution is -2.15. The molecule has 2 aromatic heterocycles. The molecule has 3 heterocycles. The Morgan fingerprint density at radius 3 is 2.65 bits per heavy atom. The molecule has 1 unspecified atom stereocenters. The highest BCUT2D eigenvalue weighted by Gasteiger charge is 2.41. The van der Waals surface area contributed by atoms with Crippen molar-refractivity contribution in [2.45, 2.75) is 18.6 Å². The van der Waals surface area contributed by atoms with Gasteiger partial charge < -0.3 is 5.73 Å². The molecule has 3 N–H and O–H groups in total. The highest BCUT2D eigenvalue weighted by molar-refractivity contribution is 7.91. The number of hydrogen-bond acceptors (Lipinski definition) is 5. The van der Waals surface area contributed by atoms with Crippen LogP contribution in [0.15, 0.2) is 0 Å². The molecule has 3 rings (SSSR count). The van der Waals surface area contributed by atoms with Crippen molar-refractivity contribution in [3.63, 3.8) is 0 Å². The number of nitrogens with two attached hydrogens (primary N) is 1. The smallest absolute Gasteiger partial charge is 0.383 e. The number of fused-ring (bicyclic) bond motifs is 1. The van der Waals surface area contributed by atoms with Crippen LogP contribution < -0.4 is 5.73 Å². The maximum Gasteiger partial charge on any atom is 0.435 e. The summed E-state index contributed by atoms with van der Waals surface area (Å²) in [6, 6.07) is -0.652. The molecule has 1 aliphatic heterocycles. The zero-order valence-electron chi connectivity index (χ0n) is 9.98. The molecule has 0 saturated carbocycles. The Morgan fingerprint density at radius 1 is 1.40 bits per heavy atom. The molecule has 0 bridgehead atoms. The fourth-order valence-electron chi connectivity index (χ4n) is 2.37. The van der Waals surface area contributed by atoms with Crippen LogP contribution in [0.2, 0.25) is 0 Å². The summed E-state index contributed by atoms with van der Waals surface area (Å²) in [6.45, 7) is 0. The molecule has 0 aliphatic carbocycles. The number of aromatic amines is 1. The number of rotatable bonds is 1. The summed E-state index contributed by atoms with van der Waals surface area (Å²) in [6.07, 6.45) is -4.47. The van der Waals surface area contributed by atoms with Gasteiger partial charge in [-0.15, -0.1) is 0 Å². The molecule has 20 heavy (non-hydrogen) atoms. The Bertz CT molecular complexity index is 775. The van der Waals surface area contributed by atoms with Gasteiger partial charge in [0.25, 0.3) is 0 Å². The van der Waals surface area contributed by atoms with E-state index in [1.165, 1.54) is 0 Å². The first-order valence-electron chi connectivity index (χ1n) is 5.69. The number of anilines is 1. The number of sulfone groups is 1. The van der Waals surface area contributed by atoms with Gasteiger partial charge in [-0.05, 0) is 6.42 Å². The Kier molecular flexibility index (Phi) is 2.56. The van der Waals surface area contributed by atoms with Crippen molar-refractivity contribution >= 4 is 26.7 Å². The number of alkyl halides is 3. The average Bonchev–Trinajstić information content (AvgIpc) is 2.93. The van der Waals surface area contributed by atoms with Crippen LogP contribution in [-0.2, 0) is 16.0 Å². The van der Waals surface area contributed by atoms with E-state index in [1.807, 2.05) is 0 Å².